The van der Waals surface area contributed by atoms with Crippen molar-refractivity contribution in [1.82, 2.24) is 10.2 Å². The van der Waals surface area contributed by atoms with E-state index in [0.29, 0.717) is 13.0 Å². The van der Waals surface area contributed by atoms with Gasteiger partial charge in [0.2, 0.25) is 11.8 Å². The van der Waals surface area contributed by atoms with E-state index in [1.165, 1.54) is 4.90 Å². The molecule has 0 aromatic carbocycles. The molecule has 80 valence electrons. The first-order chi connectivity index (χ1) is 6.70. The Labute approximate surface area is 84.7 Å². The van der Waals surface area contributed by atoms with E-state index in [1.807, 2.05) is 6.92 Å². The lowest BCUT2D eigenvalue weighted by Crippen LogP contribution is -2.38. The first kappa shape index (κ1) is 11.2. The Kier molecular flexibility index (Phi) is 4.07. The van der Waals surface area contributed by atoms with Crippen molar-refractivity contribution in [2.75, 3.05) is 13.1 Å². The van der Waals surface area contributed by atoms with Crippen molar-refractivity contribution in [3.8, 4) is 0 Å². The predicted molar refractivity (Wildman–Crippen MR) is 53.7 cm³/mol. The number of hydrogen-bond donors (Lipinski definition) is 1. The lowest BCUT2D eigenvalue weighted by Gasteiger charge is -2.12. The fraction of sp³-hybridized carbons (Fsp3) is 0.800. The zero-order valence-corrected chi connectivity index (χ0v) is 8.88. The van der Waals surface area contributed by atoms with Crippen LogP contribution in [0.5, 0.6) is 0 Å². The summed E-state index contributed by atoms with van der Waals surface area (Å²) >= 11 is 0. The third-order valence-electron chi connectivity index (χ3n) is 2.48. The molecule has 0 aliphatic carbocycles. The molecule has 2 amide bonds. The summed E-state index contributed by atoms with van der Waals surface area (Å²) in [5, 5.41) is 3.11. The average molecular weight is 198 g/mol. The van der Waals surface area contributed by atoms with E-state index < -0.39 is 0 Å². The first-order valence-electron chi connectivity index (χ1n) is 5.28. The van der Waals surface area contributed by atoms with E-state index >= 15 is 0 Å². The third-order valence-corrected chi connectivity index (χ3v) is 2.48. The molecular formula is C10H18N2O2. The molecule has 0 saturated carbocycles. The van der Waals surface area contributed by atoms with Crippen LogP contribution < -0.4 is 5.32 Å². The molecule has 1 fully saturated rings. The quantitative estimate of drug-likeness (QED) is 0.517. The molecule has 4 nitrogen and oxygen atoms in total. The van der Waals surface area contributed by atoms with Crippen LogP contribution in [-0.2, 0) is 9.59 Å². The summed E-state index contributed by atoms with van der Waals surface area (Å²) < 4.78 is 0. The third kappa shape index (κ3) is 2.32. The highest BCUT2D eigenvalue weighted by Crippen LogP contribution is 2.12. The standard InChI is InChI=1S/C10H18N2O2/c1-3-5-6-11-8-7-9(13)12(4-2)10(8)14/h8,11H,3-7H2,1-2H3. The number of unbranched alkanes of at least 4 members (excludes halogenated alkanes) is 1. The molecule has 1 aliphatic heterocycles. The molecule has 1 rings (SSSR count). The van der Waals surface area contributed by atoms with Crippen LogP contribution in [0.3, 0.4) is 0 Å². The number of nitrogens with one attached hydrogen (secondary N) is 1. The van der Waals surface area contributed by atoms with Crippen molar-refractivity contribution < 1.29 is 9.59 Å². The van der Waals surface area contributed by atoms with E-state index in [4.69, 9.17) is 0 Å². The molecule has 0 aromatic heterocycles. The zero-order valence-electron chi connectivity index (χ0n) is 8.88. The van der Waals surface area contributed by atoms with Crippen LogP contribution >= 0.6 is 0 Å². The van der Waals surface area contributed by atoms with E-state index in [-0.39, 0.29) is 17.9 Å². The van der Waals surface area contributed by atoms with Gasteiger partial charge in [0.25, 0.3) is 0 Å². The molecule has 0 aromatic rings. The maximum Gasteiger partial charge on any atom is 0.246 e. The SMILES string of the molecule is CCCCNC1CC(=O)N(CC)C1=O. The highest BCUT2D eigenvalue weighted by Gasteiger charge is 2.36. The van der Waals surface area contributed by atoms with Crippen LogP contribution in [0.4, 0.5) is 0 Å². The molecular weight excluding hydrogens is 180 g/mol. The summed E-state index contributed by atoms with van der Waals surface area (Å²) in [6.07, 6.45) is 2.47. The second-order valence-corrected chi connectivity index (χ2v) is 3.54. The number of imide groups is 1. The van der Waals surface area contributed by atoms with Crippen LogP contribution in [0.25, 0.3) is 0 Å². The lowest BCUT2D eigenvalue weighted by atomic mass is 10.2. The van der Waals surface area contributed by atoms with E-state index in [1.54, 1.807) is 0 Å². The van der Waals surface area contributed by atoms with Crippen molar-refractivity contribution in [2.45, 2.75) is 39.2 Å². The molecule has 1 saturated heterocycles. The number of amides is 2. The molecule has 4 heteroatoms. The summed E-state index contributed by atoms with van der Waals surface area (Å²) in [6.45, 7) is 5.23. The fourth-order valence-electron chi connectivity index (χ4n) is 1.63. The zero-order chi connectivity index (χ0) is 10.6. The molecule has 1 aliphatic rings. The van der Waals surface area contributed by atoms with Gasteiger partial charge in [-0.2, -0.15) is 0 Å². The Morgan fingerprint density at radius 2 is 2.14 bits per heavy atom. The van der Waals surface area contributed by atoms with Crippen LogP contribution in [-0.4, -0.2) is 35.8 Å². The van der Waals surface area contributed by atoms with E-state index in [2.05, 4.69) is 12.2 Å². The van der Waals surface area contributed by atoms with Gasteiger partial charge in [-0.15, -0.1) is 0 Å². The van der Waals surface area contributed by atoms with Gasteiger partial charge in [-0.05, 0) is 19.9 Å². The Balaban J connectivity index is 2.41. The van der Waals surface area contributed by atoms with Crippen LogP contribution in [0, 0.1) is 0 Å². The van der Waals surface area contributed by atoms with Gasteiger partial charge in [0.1, 0.15) is 0 Å². The molecule has 1 heterocycles. The highest BCUT2D eigenvalue weighted by molar-refractivity contribution is 6.05. The topological polar surface area (TPSA) is 49.4 Å². The minimum Gasteiger partial charge on any atom is -0.305 e. The van der Waals surface area contributed by atoms with Gasteiger partial charge in [-0.25, -0.2) is 0 Å². The van der Waals surface area contributed by atoms with Gasteiger partial charge >= 0.3 is 0 Å². The van der Waals surface area contributed by atoms with E-state index in [9.17, 15) is 9.59 Å². The van der Waals surface area contributed by atoms with Crippen molar-refractivity contribution >= 4 is 11.8 Å². The van der Waals surface area contributed by atoms with Crippen LogP contribution in [0.2, 0.25) is 0 Å². The number of carbonyl (C=O) groups excluding carboxylic acids is 2. The van der Waals surface area contributed by atoms with Gasteiger partial charge in [-0.1, -0.05) is 13.3 Å². The maximum absolute atomic E-state index is 11.6. The molecule has 0 bridgehead atoms. The fourth-order valence-corrected chi connectivity index (χ4v) is 1.63. The highest BCUT2D eigenvalue weighted by atomic mass is 16.2. The normalized spacial score (nSPS) is 22.1. The molecule has 0 radical (unpaired) electrons. The van der Waals surface area contributed by atoms with Gasteiger partial charge in [-0.3, -0.25) is 14.5 Å². The van der Waals surface area contributed by atoms with Crippen molar-refractivity contribution in [3.05, 3.63) is 0 Å². The Morgan fingerprint density at radius 1 is 1.43 bits per heavy atom. The Morgan fingerprint density at radius 3 is 2.64 bits per heavy atom. The van der Waals surface area contributed by atoms with Gasteiger partial charge in [0.05, 0.1) is 12.5 Å². The van der Waals surface area contributed by atoms with Crippen molar-refractivity contribution in [1.29, 1.82) is 0 Å². The molecule has 1 atom stereocenters. The Bertz CT molecular complexity index is 228. The van der Waals surface area contributed by atoms with Crippen molar-refractivity contribution in [3.63, 3.8) is 0 Å². The van der Waals surface area contributed by atoms with Gasteiger partial charge < -0.3 is 5.32 Å². The number of likely N-dealkylation sites (tertiary alicyclic amines) is 1. The maximum atomic E-state index is 11.6. The van der Waals surface area contributed by atoms with Crippen LogP contribution in [0.1, 0.15) is 33.1 Å². The minimum absolute atomic E-state index is 0.0495. The minimum atomic E-state index is -0.269. The van der Waals surface area contributed by atoms with Gasteiger partial charge in [0, 0.05) is 6.54 Å². The van der Waals surface area contributed by atoms with E-state index in [0.717, 1.165) is 19.4 Å². The molecule has 0 spiro atoms. The molecule has 1 N–H and O–H groups in total. The second-order valence-electron chi connectivity index (χ2n) is 3.54. The molecule has 1 unspecified atom stereocenters. The Hall–Kier alpha value is -0.900. The number of rotatable bonds is 5. The summed E-state index contributed by atoms with van der Waals surface area (Å²) in [4.78, 5) is 24.2. The predicted octanol–water partition coefficient (Wildman–Crippen LogP) is 0.523. The van der Waals surface area contributed by atoms with Crippen LogP contribution in [0.15, 0.2) is 0 Å². The summed E-state index contributed by atoms with van der Waals surface area (Å²) in [6, 6.07) is -0.269. The summed E-state index contributed by atoms with van der Waals surface area (Å²) in [5.41, 5.74) is 0. The van der Waals surface area contributed by atoms with Gasteiger partial charge in [0.15, 0.2) is 0 Å². The lowest BCUT2D eigenvalue weighted by molar-refractivity contribution is -0.138. The summed E-state index contributed by atoms with van der Waals surface area (Å²) in [5.74, 6) is -0.111. The number of nitrogens with zero attached hydrogens (tertiary/aromatic N) is 1. The second kappa shape index (κ2) is 5.10. The van der Waals surface area contributed by atoms with Crippen molar-refractivity contribution in [2.24, 2.45) is 0 Å². The average Bonchev–Trinajstić information content (AvgIpc) is 2.42. The smallest absolute Gasteiger partial charge is 0.246 e. The largest absolute Gasteiger partial charge is 0.305 e. The first-order valence-corrected chi connectivity index (χ1v) is 5.28. The number of likely N-dealkylation sites (N-methyl/N-ethyl adjacent to an activating group) is 1. The number of carbonyl (C=O) groups is 2. The number of hydrogen-bond acceptors (Lipinski definition) is 3. The summed E-state index contributed by atoms with van der Waals surface area (Å²) in [7, 11) is 0. The molecule has 14 heavy (non-hydrogen) atoms. The monoisotopic (exact) mass is 198 g/mol.